The van der Waals surface area contributed by atoms with Crippen LogP contribution < -0.4 is 15.4 Å². The fourth-order valence-corrected chi connectivity index (χ4v) is 4.46. The van der Waals surface area contributed by atoms with Gasteiger partial charge in [0.05, 0.1) is 7.11 Å². The van der Waals surface area contributed by atoms with Crippen molar-refractivity contribution < 1.29 is 23.9 Å². The second-order valence-corrected chi connectivity index (χ2v) is 11.4. The maximum atomic E-state index is 14.3. The molecule has 40 heavy (non-hydrogen) atoms. The highest BCUT2D eigenvalue weighted by Crippen LogP contribution is 2.29. The minimum absolute atomic E-state index is 0.187. The molecule has 0 aliphatic heterocycles. The number of benzene rings is 2. The Balaban J connectivity index is 2.58. The van der Waals surface area contributed by atoms with E-state index in [4.69, 9.17) is 9.47 Å². The molecule has 3 amide bonds. The smallest absolute Gasteiger partial charge is 0.408 e. The lowest BCUT2D eigenvalue weighted by Crippen LogP contribution is -2.55. The second kappa shape index (κ2) is 14.7. The molecule has 0 aromatic heterocycles. The van der Waals surface area contributed by atoms with Crippen molar-refractivity contribution >= 4 is 23.6 Å². The number of nitrogens with zero attached hydrogens (tertiary/aromatic N) is 1. The van der Waals surface area contributed by atoms with Crippen molar-refractivity contribution in [1.29, 1.82) is 0 Å². The highest BCUT2D eigenvalue weighted by Gasteiger charge is 2.38. The summed E-state index contributed by atoms with van der Waals surface area (Å²) in [5.41, 5.74) is 2.58. The Hall–Kier alpha value is -3.55. The normalized spacial score (nSPS) is 13.5. The zero-order valence-corrected chi connectivity index (χ0v) is 25.6. The molecule has 0 aliphatic carbocycles. The lowest BCUT2D eigenvalue weighted by atomic mass is 9.93. The first kappa shape index (κ1) is 32.7. The molecule has 3 atom stereocenters. The van der Waals surface area contributed by atoms with Crippen LogP contribution in [0, 0.1) is 19.8 Å². The number of hydrogen-bond acceptors (Lipinski definition) is 5. The van der Waals surface area contributed by atoms with Gasteiger partial charge < -0.3 is 25.0 Å². The van der Waals surface area contributed by atoms with E-state index in [0.717, 1.165) is 23.1 Å². The van der Waals surface area contributed by atoms with Crippen LogP contribution in [0.1, 0.15) is 83.5 Å². The molecule has 2 N–H and O–H groups in total. The summed E-state index contributed by atoms with van der Waals surface area (Å²) in [4.78, 5) is 42.8. The van der Waals surface area contributed by atoms with Gasteiger partial charge in [-0.1, -0.05) is 57.4 Å². The molecule has 0 bridgehead atoms. The summed E-state index contributed by atoms with van der Waals surface area (Å²) in [5.74, 6) is -0.160. The molecular weight excluding hydrogens is 506 g/mol. The molecule has 8 heteroatoms. The third-order valence-corrected chi connectivity index (χ3v) is 6.82. The van der Waals surface area contributed by atoms with Gasteiger partial charge in [0.2, 0.25) is 5.91 Å². The molecule has 0 saturated heterocycles. The lowest BCUT2D eigenvalue weighted by Gasteiger charge is -2.36. The third kappa shape index (κ3) is 9.28. The fourth-order valence-electron chi connectivity index (χ4n) is 4.46. The van der Waals surface area contributed by atoms with Crippen LogP contribution in [-0.2, 0) is 14.3 Å². The van der Waals surface area contributed by atoms with Crippen LogP contribution in [0.2, 0.25) is 0 Å². The molecule has 0 spiro atoms. The van der Waals surface area contributed by atoms with Gasteiger partial charge in [0.15, 0.2) is 0 Å². The van der Waals surface area contributed by atoms with Crippen molar-refractivity contribution in [3.63, 3.8) is 0 Å². The summed E-state index contributed by atoms with van der Waals surface area (Å²) in [6.45, 7) is 15.6. The van der Waals surface area contributed by atoms with Crippen LogP contribution in [0.4, 0.5) is 10.5 Å². The van der Waals surface area contributed by atoms with Gasteiger partial charge in [-0.05, 0) is 82.3 Å². The number of carbonyl (C=O) groups is 3. The van der Waals surface area contributed by atoms with Crippen molar-refractivity contribution in [3.8, 4) is 5.75 Å². The predicted molar refractivity (Wildman–Crippen MR) is 160 cm³/mol. The maximum Gasteiger partial charge on any atom is 0.408 e. The van der Waals surface area contributed by atoms with Gasteiger partial charge in [-0.2, -0.15) is 0 Å². The summed E-state index contributed by atoms with van der Waals surface area (Å²) >= 11 is 0. The number of unbranched alkanes of at least 4 members (excludes halogenated alkanes) is 1. The highest BCUT2D eigenvalue weighted by atomic mass is 16.6. The quantitative estimate of drug-likeness (QED) is 0.310. The minimum atomic E-state index is -0.909. The first-order valence-corrected chi connectivity index (χ1v) is 14.1. The molecule has 3 unspecified atom stereocenters. The number of ether oxygens (including phenoxy) is 2. The average Bonchev–Trinajstić information content (AvgIpc) is 2.89. The van der Waals surface area contributed by atoms with Crippen LogP contribution in [0.25, 0.3) is 0 Å². The molecule has 2 aromatic rings. The summed E-state index contributed by atoms with van der Waals surface area (Å²) in [5, 5.41) is 5.81. The van der Waals surface area contributed by atoms with E-state index in [1.54, 1.807) is 57.0 Å². The monoisotopic (exact) mass is 553 g/mol. The first-order chi connectivity index (χ1) is 18.8. The van der Waals surface area contributed by atoms with Crippen LogP contribution in [-0.4, -0.2) is 48.1 Å². The van der Waals surface area contributed by atoms with Crippen molar-refractivity contribution in [1.82, 2.24) is 10.2 Å². The van der Waals surface area contributed by atoms with E-state index >= 15 is 0 Å². The van der Waals surface area contributed by atoms with Gasteiger partial charge in [-0.3, -0.25) is 9.59 Å². The van der Waals surface area contributed by atoms with Crippen LogP contribution in [0.5, 0.6) is 5.75 Å². The maximum absolute atomic E-state index is 14.3. The van der Waals surface area contributed by atoms with Crippen molar-refractivity contribution in [2.75, 3.05) is 19.0 Å². The third-order valence-electron chi connectivity index (χ3n) is 6.82. The SMILES string of the molecule is CCCCN(C(=O)C(NC(=O)OC(C)(C)C)C(C)CC)C(C(=O)Nc1ccc(OC)cc1)c1ccc(C)cc1C. The highest BCUT2D eigenvalue weighted by molar-refractivity contribution is 5.99. The fraction of sp³-hybridized carbons (Fsp3) is 0.531. The molecule has 0 heterocycles. The van der Waals surface area contributed by atoms with Crippen molar-refractivity contribution in [2.45, 2.75) is 92.3 Å². The Morgan fingerprint density at radius 3 is 2.17 bits per heavy atom. The molecule has 0 saturated carbocycles. The van der Waals surface area contributed by atoms with E-state index in [9.17, 15) is 14.4 Å². The molecule has 2 rings (SSSR count). The average molecular weight is 554 g/mol. The molecule has 2 aromatic carbocycles. The Morgan fingerprint density at radius 1 is 1.00 bits per heavy atom. The minimum Gasteiger partial charge on any atom is -0.497 e. The number of methoxy groups -OCH3 is 1. The van der Waals surface area contributed by atoms with Crippen molar-refractivity contribution in [3.05, 3.63) is 59.2 Å². The first-order valence-electron chi connectivity index (χ1n) is 14.1. The van der Waals surface area contributed by atoms with Gasteiger partial charge in [0.25, 0.3) is 5.91 Å². The summed E-state index contributed by atoms with van der Waals surface area (Å²) in [7, 11) is 1.58. The molecule has 0 radical (unpaired) electrons. The topological polar surface area (TPSA) is 97.0 Å². The number of anilines is 1. The van der Waals surface area contributed by atoms with Crippen LogP contribution >= 0.6 is 0 Å². The zero-order chi connectivity index (χ0) is 30.0. The number of nitrogens with one attached hydrogen (secondary N) is 2. The Bertz CT molecular complexity index is 1140. The Morgan fingerprint density at radius 2 is 1.65 bits per heavy atom. The number of aryl methyl sites for hydroxylation is 2. The molecule has 0 fully saturated rings. The zero-order valence-electron chi connectivity index (χ0n) is 25.6. The second-order valence-electron chi connectivity index (χ2n) is 11.4. The number of amides is 3. The Kier molecular flexibility index (Phi) is 12.0. The molecule has 8 nitrogen and oxygen atoms in total. The van der Waals surface area contributed by atoms with Gasteiger partial charge in [0.1, 0.15) is 23.4 Å². The number of carbonyl (C=O) groups excluding carboxylic acids is 3. The standard InChI is InChI=1S/C32H47N3O5/c1-10-12-19-35(30(37)27(22(4)11-2)34-31(38)40-32(6,7)8)28(26-18-13-21(3)20-23(26)5)29(36)33-24-14-16-25(39-9)17-15-24/h13-18,20,22,27-28H,10-12,19H2,1-9H3,(H,33,36)(H,34,38). The van der Waals surface area contributed by atoms with E-state index in [-0.39, 0.29) is 17.7 Å². The van der Waals surface area contributed by atoms with Gasteiger partial charge >= 0.3 is 6.09 Å². The van der Waals surface area contributed by atoms with Crippen molar-refractivity contribution in [2.24, 2.45) is 5.92 Å². The van der Waals surface area contributed by atoms with E-state index in [2.05, 4.69) is 10.6 Å². The largest absolute Gasteiger partial charge is 0.497 e. The van der Waals surface area contributed by atoms with E-state index < -0.39 is 23.8 Å². The number of hydrogen-bond donors (Lipinski definition) is 2. The molecule has 220 valence electrons. The lowest BCUT2D eigenvalue weighted by molar-refractivity contribution is -0.142. The van der Waals surface area contributed by atoms with Gasteiger partial charge in [-0.15, -0.1) is 0 Å². The van der Waals surface area contributed by atoms with Gasteiger partial charge in [-0.25, -0.2) is 4.79 Å². The van der Waals surface area contributed by atoms with E-state index in [1.807, 2.05) is 52.8 Å². The Labute approximate surface area is 239 Å². The van der Waals surface area contributed by atoms with Crippen LogP contribution in [0.15, 0.2) is 42.5 Å². The van der Waals surface area contributed by atoms with Crippen LogP contribution in [0.3, 0.4) is 0 Å². The van der Waals surface area contributed by atoms with E-state index in [0.29, 0.717) is 30.8 Å². The molecule has 0 aliphatic rings. The molecular formula is C32H47N3O5. The summed E-state index contributed by atoms with van der Waals surface area (Å²) < 4.78 is 10.7. The van der Waals surface area contributed by atoms with Gasteiger partial charge in [0, 0.05) is 12.2 Å². The summed E-state index contributed by atoms with van der Waals surface area (Å²) in [6, 6.07) is 11.2. The number of alkyl carbamates (subject to hydrolysis) is 1. The van der Waals surface area contributed by atoms with E-state index in [1.165, 1.54) is 0 Å². The number of rotatable bonds is 12. The summed E-state index contributed by atoms with van der Waals surface area (Å²) in [6.07, 6.45) is 1.52. The predicted octanol–water partition coefficient (Wildman–Crippen LogP) is 6.56.